The lowest BCUT2D eigenvalue weighted by molar-refractivity contribution is 0.459. The summed E-state index contributed by atoms with van der Waals surface area (Å²) in [5.74, 6) is 0.0444. The second-order valence-corrected chi connectivity index (χ2v) is 4.86. The van der Waals surface area contributed by atoms with Crippen LogP contribution in [0, 0.1) is 13.8 Å². The maximum Gasteiger partial charge on any atom is 0.218 e. The third-order valence-corrected chi connectivity index (χ3v) is 3.28. The van der Waals surface area contributed by atoms with E-state index in [4.69, 9.17) is 0 Å². The molecule has 4 heteroatoms. The van der Waals surface area contributed by atoms with E-state index >= 15 is 0 Å². The number of aromatic nitrogens is 1. The van der Waals surface area contributed by atoms with Gasteiger partial charge in [-0.1, -0.05) is 29.8 Å². The first-order valence-electron chi connectivity index (χ1n) is 6.44. The van der Waals surface area contributed by atoms with Crippen LogP contribution in [-0.4, -0.2) is 10.1 Å². The van der Waals surface area contributed by atoms with E-state index in [0.29, 0.717) is 5.69 Å². The topological polar surface area (TPSA) is 60.7 Å². The normalized spacial score (nSPS) is 11.5. The Morgan fingerprint density at radius 3 is 2.60 bits per heavy atom. The number of benzene rings is 2. The molecule has 0 aliphatic heterocycles. The predicted molar refractivity (Wildman–Crippen MR) is 80.1 cm³/mol. The zero-order valence-electron chi connectivity index (χ0n) is 11.4. The SMILES string of the molecule is Cc1ccc2[nH]c(O)c(N=Nc3ccccc3C)c2c1. The van der Waals surface area contributed by atoms with Crippen molar-refractivity contribution < 1.29 is 5.11 Å². The maximum atomic E-state index is 9.96. The second kappa shape index (κ2) is 4.81. The van der Waals surface area contributed by atoms with Crippen molar-refractivity contribution >= 4 is 22.3 Å². The zero-order chi connectivity index (χ0) is 14.1. The van der Waals surface area contributed by atoms with Gasteiger partial charge in [0.2, 0.25) is 5.88 Å². The lowest BCUT2D eigenvalue weighted by Crippen LogP contribution is -1.72. The first kappa shape index (κ1) is 12.4. The van der Waals surface area contributed by atoms with Gasteiger partial charge in [-0.25, -0.2) is 0 Å². The summed E-state index contributed by atoms with van der Waals surface area (Å²) >= 11 is 0. The molecule has 0 unspecified atom stereocenters. The Kier molecular flexibility index (Phi) is 2.99. The van der Waals surface area contributed by atoms with Crippen LogP contribution in [0.2, 0.25) is 0 Å². The Balaban J connectivity index is 2.09. The lowest BCUT2D eigenvalue weighted by atomic mass is 10.1. The highest BCUT2D eigenvalue weighted by atomic mass is 16.3. The van der Waals surface area contributed by atoms with Crippen molar-refractivity contribution in [2.75, 3.05) is 0 Å². The highest BCUT2D eigenvalue weighted by Crippen LogP contribution is 2.36. The number of aryl methyl sites for hydroxylation is 2. The molecule has 0 amide bonds. The first-order valence-corrected chi connectivity index (χ1v) is 6.44. The highest BCUT2D eigenvalue weighted by molar-refractivity contribution is 5.94. The molecule has 1 heterocycles. The van der Waals surface area contributed by atoms with E-state index in [1.165, 1.54) is 0 Å². The number of azo groups is 1. The molecule has 0 saturated carbocycles. The number of hydrogen-bond acceptors (Lipinski definition) is 3. The summed E-state index contributed by atoms with van der Waals surface area (Å²) in [6, 6.07) is 13.7. The molecule has 20 heavy (non-hydrogen) atoms. The van der Waals surface area contributed by atoms with Crippen LogP contribution in [0.4, 0.5) is 11.4 Å². The molecule has 100 valence electrons. The quantitative estimate of drug-likeness (QED) is 0.636. The van der Waals surface area contributed by atoms with E-state index in [9.17, 15) is 5.11 Å². The van der Waals surface area contributed by atoms with Gasteiger partial charge in [0.1, 0.15) is 0 Å². The smallest absolute Gasteiger partial charge is 0.218 e. The van der Waals surface area contributed by atoms with Crippen LogP contribution in [0.1, 0.15) is 11.1 Å². The number of nitrogens with one attached hydrogen (secondary N) is 1. The Hall–Kier alpha value is -2.62. The summed E-state index contributed by atoms with van der Waals surface area (Å²) in [7, 11) is 0. The van der Waals surface area contributed by atoms with Crippen molar-refractivity contribution in [2.45, 2.75) is 13.8 Å². The van der Waals surface area contributed by atoms with Crippen LogP contribution < -0.4 is 0 Å². The van der Waals surface area contributed by atoms with Gasteiger partial charge in [-0.15, -0.1) is 5.11 Å². The Morgan fingerprint density at radius 2 is 1.80 bits per heavy atom. The predicted octanol–water partition coefficient (Wildman–Crippen LogP) is 4.91. The Morgan fingerprint density at radius 1 is 1.00 bits per heavy atom. The van der Waals surface area contributed by atoms with Gasteiger partial charge < -0.3 is 10.1 Å². The van der Waals surface area contributed by atoms with Crippen molar-refractivity contribution in [1.29, 1.82) is 0 Å². The largest absolute Gasteiger partial charge is 0.493 e. The third-order valence-electron chi connectivity index (χ3n) is 3.28. The molecule has 0 radical (unpaired) electrons. The fraction of sp³-hybridized carbons (Fsp3) is 0.125. The fourth-order valence-electron chi connectivity index (χ4n) is 2.16. The average Bonchev–Trinajstić information content (AvgIpc) is 2.73. The molecule has 2 aromatic carbocycles. The molecule has 2 N–H and O–H groups in total. The minimum atomic E-state index is 0.0444. The molecular formula is C16H15N3O. The molecular weight excluding hydrogens is 250 g/mol. The van der Waals surface area contributed by atoms with Gasteiger partial charge in [-0.2, -0.15) is 5.11 Å². The molecule has 0 bridgehead atoms. The van der Waals surface area contributed by atoms with E-state index in [-0.39, 0.29) is 5.88 Å². The van der Waals surface area contributed by atoms with Gasteiger partial charge in [0.25, 0.3) is 0 Å². The summed E-state index contributed by atoms with van der Waals surface area (Å²) in [5.41, 5.74) is 4.29. The van der Waals surface area contributed by atoms with Crippen LogP contribution in [0.3, 0.4) is 0 Å². The van der Waals surface area contributed by atoms with E-state index in [1.807, 2.05) is 56.3 Å². The fourth-order valence-corrected chi connectivity index (χ4v) is 2.16. The first-order chi connectivity index (χ1) is 9.65. The monoisotopic (exact) mass is 265 g/mol. The van der Waals surface area contributed by atoms with Crippen LogP contribution in [0.15, 0.2) is 52.7 Å². The number of nitrogens with zero attached hydrogens (tertiary/aromatic N) is 2. The van der Waals surface area contributed by atoms with Gasteiger partial charge in [0, 0.05) is 5.39 Å². The van der Waals surface area contributed by atoms with Crippen molar-refractivity contribution in [3.63, 3.8) is 0 Å². The van der Waals surface area contributed by atoms with Crippen LogP contribution in [-0.2, 0) is 0 Å². The molecule has 0 aliphatic carbocycles. The lowest BCUT2D eigenvalue weighted by Gasteiger charge is -1.97. The maximum absolute atomic E-state index is 9.96. The molecule has 0 aliphatic rings. The summed E-state index contributed by atoms with van der Waals surface area (Å²) in [4.78, 5) is 2.91. The highest BCUT2D eigenvalue weighted by Gasteiger charge is 2.10. The van der Waals surface area contributed by atoms with Gasteiger partial charge in [0.05, 0.1) is 11.2 Å². The van der Waals surface area contributed by atoms with E-state index in [1.54, 1.807) is 0 Å². The summed E-state index contributed by atoms with van der Waals surface area (Å²) in [6.07, 6.45) is 0. The van der Waals surface area contributed by atoms with Crippen molar-refractivity contribution in [2.24, 2.45) is 10.2 Å². The van der Waals surface area contributed by atoms with Crippen molar-refractivity contribution in [3.8, 4) is 5.88 Å². The molecule has 3 rings (SSSR count). The molecule has 0 spiro atoms. The number of fused-ring (bicyclic) bond motifs is 1. The Bertz CT molecular complexity index is 803. The number of aromatic hydroxyl groups is 1. The second-order valence-electron chi connectivity index (χ2n) is 4.86. The zero-order valence-corrected chi connectivity index (χ0v) is 11.4. The summed E-state index contributed by atoms with van der Waals surface area (Å²) < 4.78 is 0. The molecule has 1 aromatic heterocycles. The number of rotatable bonds is 2. The van der Waals surface area contributed by atoms with E-state index < -0.39 is 0 Å². The molecule has 0 saturated heterocycles. The van der Waals surface area contributed by atoms with Gasteiger partial charge in [-0.3, -0.25) is 0 Å². The standard InChI is InChI=1S/C16H15N3O/c1-10-7-8-14-12(9-10)15(16(20)17-14)19-18-13-6-4-3-5-11(13)2/h3-9,17,20H,1-2H3. The van der Waals surface area contributed by atoms with Crippen molar-refractivity contribution in [3.05, 3.63) is 53.6 Å². The van der Waals surface area contributed by atoms with Crippen LogP contribution >= 0.6 is 0 Å². The van der Waals surface area contributed by atoms with Crippen LogP contribution in [0.5, 0.6) is 5.88 Å². The van der Waals surface area contributed by atoms with Gasteiger partial charge in [0.15, 0.2) is 5.69 Å². The number of hydrogen-bond donors (Lipinski definition) is 2. The minimum Gasteiger partial charge on any atom is -0.493 e. The molecule has 0 atom stereocenters. The number of aromatic amines is 1. The minimum absolute atomic E-state index is 0.0444. The molecule has 0 fully saturated rings. The Labute approximate surface area is 116 Å². The molecule has 4 nitrogen and oxygen atoms in total. The number of H-pyrrole nitrogens is 1. The van der Waals surface area contributed by atoms with Gasteiger partial charge >= 0.3 is 0 Å². The van der Waals surface area contributed by atoms with E-state index in [2.05, 4.69) is 15.2 Å². The van der Waals surface area contributed by atoms with E-state index in [0.717, 1.165) is 27.7 Å². The summed E-state index contributed by atoms with van der Waals surface area (Å²) in [6.45, 7) is 3.99. The third kappa shape index (κ3) is 2.16. The summed E-state index contributed by atoms with van der Waals surface area (Å²) in [5, 5.41) is 19.3. The van der Waals surface area contributed by atoms with Crippen molar-refractivity contribution in [1.82, 2.24) is 4.98 Å². The average molecular weight is 265 g/mol. The van der Waals surface area contributed by atoms with Crippen LogP contribution in [0.25, 0.3) is 10.9 Å². The van der Waals surface area contributed by atoms with Gasteiger partial charge in [-0.05, 0) is 37.6 Å². The molecule has 3 aromatic rings.